The standard InChI is InChI=1S/C21H14Cl3FN2O3/c22-13-4-7-19(17(24)9-13)30-11-20(28)26-14-3-1-2-12(8-14)21(29)27-15-5-6-18(25)16(23)10-15/h1-10H,11H2,(H,26,28)(H,27,29). The third-order valence-corrected chi connectivity index (χ3v) is 4.66. The quantitative estimate of drug-likeness (QED) is 0.463. The summed E-state index contributed by atoms with van der Waals surface area (Å²) in [4.78, 5) is 24.6. The summed E-state index contributed by atoms with van der Waals surface area (Å²) in [7, 11) is 0. The zero-order valence-electron chi connectivity index (χ0n) is 15.2. The molecule has 0 bridgehead atoms. The molecule has 0 saturated heterocycles. The van der Waals surface area contributed by atoms with Gasteiger partial charge < -0.3 is 15.4 Å². The lowest BCUT2D eigenvalue weighted by Crippen LogP contribution is -2.20. The van der Waals surface area contributed by atoms with E-state index in [2.05, 4.69) is 10.6 Å². The van der Waals surface area contributed by atoms with Crippen LogP contribution >= 0.6 is 34.8 Å². The van der Waals surface area contributed by atoms with Gasteiger partial charge in [0.15, 0.2) is 6.61 Å². The Labute approximate surface area is 186 Å². The molecule has 0 radical (unpaired) electrons. The van der Waals surface area contributed by atoms with E-state index in [0.717, 1.165) is 6.07 Å². The van der Waals surface area contributed by atoms with Crippen LogP contribution < -0.4 is 15.4 Å². The largest absolute Gasteiger partial charge is 0.482 e. The van der Waals surface area contributed by atoms with E-state index in [4.69, 9.17) is 39.5 Å². The normalized spacial score (nSPS) is 10.4. The Hall–Kier alpha value is -2.80. The van der Waals surface area contributed by atoms with Crippen molar-refractivity contribution in [3.63, 3.8) is 0 Å². The molecule has 0 fully saturated rings. The van der Waals surface area contributed by atoms with Gasteiger partial charge in [-0.25, -0.2) is 4.39 Å². The summed E-state index contributed by atoms with van der Waals surface area (Å²) < 4.78 is 18.6. The maximum Gasteiger partial charge on any atom is 0.262 e. The van der Waals surface area contributed by atoms with Gasteiger partial charge in [0, 0.05) is 22.0 Å². The van der Waals surface area contributed by atoms with Gasteiger partial charge in [0.1, 0.15) is 11.6 Å². The van der Waals surface area contributed by atoms with Crippen molar-refractivity contribution in [1.82, 2.24) is 0 Å². The number of rotatable bonds is 6. The van der Waals surface area contributed by atoms with Gasteiger partial charge in [-0.1, -0.05) is 40.9 Å². The van der Waals surface area contributed by atoms with Crippen LogP contribution in [0.15, 0.2) is 60.7 Å². The van der Waals surface area contributed by atoms with Crippen LogP contribution in [0.5, 0.6) is 5.75 Å². The van der Waals surface area contributed by atoms with Crippen molar-refractivity contribution in [2.75, 3.05) is 17.2 Å². The summed E-state index contributed by atoms with van der Waals surface area (Å²) >= 11 is 17.5. The molecule has 2 amide bonds. The van der Waals surface area contributed by atoms with E-state index < -0.39 is 17.6 Å². The molecule has 9 heteroatoms. The molecule has 0 aromatic heterocycles. The van der Waals surface area contributed by atoms with Gasteiger partial charge in [0.25, 0.3) is 11.8 Å². The van der Waals surface area contributed by atoms with E-state index in [-0.39, 0.29) is 22.2 Å². The summed E-state index contributed by atoms with van der Waals surface area (Å²) in [6.45, 7) is -0.286. The first-order valence-corrected chi connectivity index (χ1v) is 9.69. The molecule has 0 saturated carbocycles. The minimum Gasteiger partial charge on any atom is -0.482 e. The molecule has 30 heavy (non-hydrogen) atoms. The molecule has 2 N–H and O–H groups in total. The summed E-state index contributed by atoms with van der Waals surface area (Å²) in [5.74, 6) is -1.15. The number of carbonyl (C=O) groups is 2. The van der Waals surface area contributed by atoms with Gasteiger partial charge in [-0.15, -0.1) is 0 Å². The first-order valence-electron chi connectivity index (χ1n) is 8.56. The molecule has 0 aliphatic rings. The number of carbonyl (C=O) groups excluding carboxylic acids is 2. The van der Waals surface area contributed by atoms with Gasteiger partial charge in [0.2, 0.25) is 0 Å². The highest BCUT2D eigenvalue weighted by atomic mass is 35.5. The summed E-state index contributed by atoms with van der Waals surface area (Å²) in [5.41, 5.74) is 1.03. The number of nitrogens with one attached hydrogen (secondary N) is 2. The van der Waals surface area contributed by atoms with Crippen molar-refractivity contribution < 1.29 is 18.7 Å². The van der Waals surface area contributed by atoms with Crippen LogP contribution in [0.2, 0.25) is 15.1 Å². The maximum atomic E-state index is 13.2. The number of hydrogen-bond donors (Lipinski definition) is 2. The van der Waals surface area contributed by atoms with Crippen molar-refractivity contribution in [3.8, 4) is 5.75 Å². The van der Waals surface area contributed by atoms with Crippen LogP contribution in [0.25, 0.3) is 0 Å². The molecule has 0 aliphatic carbocycles. The van der Waals surface area contributed by atoms with Crippen molar-refractivity contribution in [2.45, 2.75) is 0 Å². The van der Waals surface area contributed by atoms with Crippen LogP contribution in [0.3, 0.4) is 0 Å². The minimum absolute atomic E-state index is 0.102. The number of benzene rings is 3. The Kier molecular flexibility index (Phi) is 7.15. The lowest BCUT2D eigenvalue weighted by molar-refractivity contribution is -0.118. The SMILES string of the molecule is O=C(COc1ccc(Cl)cc1Cl)Nc1cccc(C(=O)Nc2ccc(F)c(Cl)c2)c1. The zero-order chi connectivity index (χ0) is 21.7. The molecule has 0 heterocycles. The minimum atomic E-state index is -0.582. The van der Waals surface area contributed by atoms with E-state index in [9.17, 15) is 14.0 Å². The molecule has 3 rings (SSSR count). The van der Waals surface area contributed by atoms with Gasteiger partial charge in [-0.3, -0.25) is 9.59 Å². The molecule has 5 nitrogen and oxygen atoms in total. The monoisotopic (exact) mass is 466 g/mol. The number of halogens is 4. The molecule has 3 aromatic carbocycles. The van der Waals surface area contributed by atoms with Gasteiger partial charge in [-0.05, 0) is 54.6 Å². The van der Waals surface area contributed by atoms with Crippen molar-refractivity contribution in [2.24, 2.45) is 0 Å². The highest BCUT2D eigenvalue weighted by Gasteiger charge is 2.11. The second-order valence-corrected chi connectivity index (χ2v) is 7.33. The topological polar surface area (TPSA) is 67.4 Å². The fraction of sp³-hybridized carbons (Fsp3) is 0.0476. The van der Waals surface area contributed by atoms with Gasteiger partial charge in [0.05, 0.1) is 10.0 Å². The number of amides is 2. The molecular weight excluding hydrogens is 454 g/mol. The van der Waals surface area contributed by atoms with E-state index in [1.807, 2.05) is 0 Å². The van der Waals surface area contributed by atoms with Crippen LogP contribution in [0, 0.1) is 5.82 Å². The molecule has 0 aliphatic heterocycles. The van der Waals surface area contributed by atoms with Gasteiger partial charge >= 0.3 is 0 Å². The Bertz CT molecular complexity index is 1110. The Morgan fingerprint density at radius 2 is 1.63 bits per heavy atom. The third-order valence-electron chi connectivity index (χ3n) is 3.84. The van der Waals surface area contributed by atoms with Crippen molar-refractivity contribution >= 4 is 58.0 Å². The molecule has 0 spiro atoms. The van der Waals surface area contributed by atoms with Gasteiger partial charge in [-0.2, -0.15) is 0 Å². The van der Waals surface area contributed by atoms with Crippen LogP contribution in [0.4, 0.5) is 15.8 Å². The highest BCUT2D eigenvalue weighted by Crippen LogP contribution is 2.27. The van der Waals surface area contributed by atoms with Crippen molar-refractivity contribution in [1.29, 1.82) is 0 Å². The van der Waals surface area contributed by atoms with Crippen LogP contribution in [-0.4, -0.2) is 18.4 Å². The second kappa shape index (κ2) is 9.80. The fourth-order valence-electron chi connectivity index (χ4n) is 2.45. The number of anilines is 2. The summed E-state index contributed by atoms with van der Waals surface area (Å²) in [6, 6.07) is 14.8. The highest BCUT2D eigenvalue weighted by molar-refractivity contribution is 6.35. The second-order valence-electron chi connectivity index (χ2n) is 6.08. The average molecular weight is 468 g/mol. The summed E-state index contributed by atoms with van der Waals surface area (Å²) in [5, 5.41) is 5.88. The van der Waals surface area contributed by atoms with Crippen LogP contribution in [-0.2, 0) is 4.79 Å². The third kappa shape index (κ3) is 5.86. The number of hydrogen-bond acceptors (Lipinski definition) is 3. The molecule has 3 aromatic rings. The fourth-order valence-corrected chi connectivity index (χ4v) is 3.09. The maximum absolute atomic E-state index is 13.2. The van der Waals surface area contributed by atoms with E-state index in [1.54, 1.807) is 30.3 Å². The van der Waals surface area contributed by atoms with E-state index >= 15 is 0 Å². The zero-order valence-corrected chi connectivity index (χ0v) is 17.5. The predicted octanol–water partition coefficient (Wildman–Crippen LogP) is 6.06. The molecule has 0 unspecified atom stereocenters. The Balaban J connectivity index is 1.60. The lowest BCUT2D eigenvalue weighted by Gasteiger charge is -2.10. The molecule has 0 atom stereocenters. The van der Waals surface area contributed by atoms with Crippen molar-refractivity contribution in [3.05, 3.63) is 87.1 Å². The first kappa shape index (κ1) is 21.9. The molecular formula is C21H14Cl3FN2O3. The van der Waals surface area contributed by atoms with E-state index in [0.29, 0.717) is 22.1 Å². The summed E-state index contributed by atoms with van der Waals surface area (Å²) in [6.07, 6.45) is 0. The lowest BCUT2D eigenvalue weighted by atomic mass is 10.2. The molecule has 154 valence electrons. The Morgan fingerprint density at radius 1 is 0.867 bits per heavy atom. The first-order chi connectivity index (χ1) is 14.3. The number of ether oxygens (including phenoxy) is 1. The average Bonchev–Trinajstić information content (AvgIpc) is 2.70. The van der Waals surface area contributed by atoms with Crippen LogP contribution in [0.1, 0.15) is 10.4 Å². The van der Waals surface area contributed by atoms with E-state index in [1.165, 1.54) is 24.3 Å². The Morgan fingerprint density at radius 3 is 2.37 bits per heavy atom. The smallest absolute Gasteiger partial charge is 0.262 e. The predicted molar refractivity (Wildman–Crippen MR) is 116 cm³/mol.